The van der Waals surface area contributed by atoms with Crippen molar-refractivity contribution in [3.8, 4) is 5.75 Å². The highest BCUT2D eigenvalue weighted by Gasteiger charge is 2.21. The average Bonchev–Trinajstić information content (AvgIpc) is 2.68. The zero-order valence-corrected chi connectivity index (χ0v) is 17.3. The Morgan fingerprint density at radius 3 is 2.25 bits per heavy atom. The molecule has 0 unspecified atom stereocenters. The van der Waals surface area contributed by atoms with Gasteiger partial charge in [-0.15, -0.1) is 0 Å². The van der Waals surface area contributed by atoms with E-state index < -0.39 is 22.6 Å². The molecule has 150 valence electrons. The number of hydrogen-bond acceptors (Lipinski definition) is 6. The SMILES string of the molecule is CNS(=O)(=O)c1cc(C(=O)OCC(=O)c2cc(C)c(C)cc2C)ccc1OC. The molecule has 0 spiro atoms. The molecule has 7 nitrogen and oxygen atoms in total. The van der Waals surface area contributed by atoms with E-state index in [2.05, 4.69) is 4.72 Å². The second kappa shape index (κ2) is 8.53. The molecule has 0 radical (unpaired) electrons. The summed E-state index contributed by atoms with van der Waals surface area (Å²) in [6, 6.07) is 7.56. The number of sulfonamides is 1. The van der Waals surface area contributed by atoms with Crippen LogP contribution in [0.2, 0.25) is 0 Å². The zero-order valence-electron chi connectivity index (χ0n) is 16.5. The Kier molecular flexibility index (Phi) is 6.58. The monoisotopic (exact) mass is 405 g/mol. The first kappa shape index (κ1) is 21.6. The summed E-state index contributed by atoms with van der Waals surface area (Å²) in [7, 11) is -1.26. The number of Topliss-reactive ketones (excluding diaryl/α,β-unsaturated/α-hetero) is 1. The number of methoxy groups -OCH3 is 1. The molecular formula is C20H23NO6S. The zero-order chi connectivity index (χ0) is 21.1. The Morgan fingerprint density at radius 2 is 1.64 bits per heavy atom. The van der Waals surface area contributed by atoms with Gasteiger partial charge in [-0.2, -0.15) is 0 Å². The minimum Gasteiger partial charge on any atom is -0.495 e. The third-order valence-corrected chi connectivity index (χ3v) is 5.87. The number of carbonyl (C=O) groups excluding carboxylic acids is 2. The number of esters is 1. The summed E-state index contributed by atoms with van der Waals surface area (Å²) in [4.78, 5) is 24.6. The first-order valence-corrected chi connectivity index (χ1v) is 9.98. The quantitative estimate of drug-likeness (QED) is 0.561. The van der Waals surface area contributed by atoms with E-state index in [9.17, 15) is 18.0 Å². The summed E-state index contributed by atoms with van der Waals surface area (Å²) >= 11 is 0. The van der Waals surface area contributed by atoms with E-state index in [1.807, 2.05) is 26.8 Å². The van der Waals surface area contributed by atoms with Gasteiger partial charge in [0, 0.05) is 5.56 Å². The van der Waals surface area contributed by atoms with Crippen LogP contribution in [0.15, 0.2) is 35.2 Å². The van der Waals surface area contributed by atoms with Crippen LogP contribution in [-0.2, 0) is 14.8 Å². The fourth-order valence-corrected chi connectivity index (χ4v) is 3.60. The third-order valence-electron chi connectivity index (χ3n) is 4.43. The topological polar surface area (TPSA) is 98.8 Å². The van der Waals surface area contributed by atoms with Gasteiger partial charge in [-0.3, -0.25) is 4.79 Å². The maximum atomic E-state index is 12.4. The lowest BCUT2D eigenvalue weighted by Crippen LogP contribution is -2.20. The standard InChI is InChI=1S/C20H23NO6S/c1-12-8-14(3)16(9-13(12)2)17(22)11-27-20(23)15-6-7-18(26-5)19(10-15)28(24,25)21-4/h6-10,21H,11H2,1-5H3. The molecule has 0 amide bonds. The summed E-state index contributed by atoms with van der Waals surface area (Å²) in [5.41, 5.74) is 3.33. The van der Waals surface area contributed by atoms with E-state index >= 15 is 0 Å². The van der Waals surface area contributed by atoms with Crippen molar-refractivity contribution < 1.29 is 27.5 Å². The maximum Gasteiger partial charge on any atom is 0.338 e. The Hall–Kier alpha value is -2.71. The summed E-state index contributed by atoms with van der Waals surface area (Å²) in [6.45, 7) is 5.23. The minimum atomic E-state index is -3.84. The van der Waals surface area contributed by atoms with Crippen LogP contribution < -0.4 is 9.46 Å². The van der Waals surface area contributed by atoms with Crippen molar-refractivity contribution in [2.24, 2.45) is 0 Å². The van der Waals surface area contributed by atoms with E-state index in [1.54, 1.807) is 6.07 Å². The summed E-state index contributed by atoms with van der Waals surface area (Å²) in [5, 5.41) is 0. The molecule has 0 saturated carbocycles. The van der Waals surface area contributed by atoms with Crippen LogP contribution in [0.1, 0.15) is 37.4 Å². The molecule has 0 bridgehead atoms. The molecular weight excluding hydrogens is 382 g/mol. The molecule has 0 heterocycles. The Balaban J connectivity index is 2.21. The van der Waals surface area contributed by atoms with Gasteiger partial charge in [0.2, 0.25) is 15.8 Å². The Bertz CT molecular complexity index is 1030. The minimum absolute atomic E-state index is 0.000710. The van der Waals surface area contributed by atoms with E-state index in [0.717, 1.165) is 22.8 Å². The first-order chi connectivity index (χ1) is 13.1. The van der Waals surface area contributed by atoms with Crippen LogP contribution in [0.25, 0.3) is 0 Å². The number of aryl methyl sites for hydroxylation is 3. The van der Waals surface area contributed by atoms with Gasteiger partial charge in [0.25, 0.3) is 0 Å². The van der Waals surface area contributed by atoms with Gasteiger partial charge in [-0.25, -0.2) is 17.9 Å². The number of benzene rings is 2. The molecule has 0 aliphatic rings. The van der Waals surface area contributed by atoms with Crippen LogP contribution in [-0.4, -0.2) is 40.9 Å². The third kappa shape index (κ3) is 4.58. The summed E-state index contributed by atoms with van der Waals surface area (Å²) in [5.74, 6) is -1.04. The molecule has 0 saturated heterocycles. The van der Waals surface area contributed by atoms with Crippen molar-refractivity contribution in [2.75, 3.05) is 20.8 Å². The van der Waals surface area contributed by atoms with Gasteiger partial charge in [0.05, 0.1) is 12.7 Å². The highest BCUT2D eigenvalue weighted by Crippen LogP contribution is 2.25. The number of rotatable bonds is 7. The second-order valence-electron chi connectivity index (χ2n) is 6.32. The lowest BCUT2D eigenvalue weighted by molar-refractivity contribution is 0.0474. The van der Waals surface area contributed by atoms with Crippen molar-refractivity contribution in [3.05, 3.63) is 58.1 Å². The fourth-order valence-electron chi connectivity index (χ4n) is 2.68. The fraction of sp³-hybridized carbons (Fsp3) is 0.300. The van der Waals surface area contributed by atoms with Crippen LogP contribution in [0.5, 0.6) is 5.75 Å². The van der Waals surface area contributed by atoms with Crippen LogP contribution >= 0.6 is 0 Å². The highest BCUT2D eigenvalue weighted by atomic mass is 32.2. The molecule has 0 aromatic heterocycles. The van der Waals surface area contributed by atoms with Crippen molar-refractivity contribution in [2.45, 2.75) is 25.7 Å². The molecule has 0 fully saturated rings. The van der Waals surface area contributed by atoms with Crippen molar-refractivity contribution >= 4 is 21.8 Å². The van der Waals surface area contributed by atoms with Crippen molar-refractivity contribution in [1.82, 2.24) is 4.72 Å². The Morgan fingerprint density at radius 1 is 1.00 bits per heavy atom. The number of ether oxygens (including phenoxy) is 2. The summed E-state index contributed by atoms with van der Waals surface area (Å²) < 4.78 is 36.5. The lowest BCUT2D eigenvalue weighted by Gasteiger charge is -2.11. The van der Waals surface area contributed by atoms with Gasteiger partial charge in [-0.05, 0) is 68.8 Å². The van der Waals surface area contributed by atoms with Gasteiger partial charge < -0.3 is 9.47 Å². The van der Waals surface area contributed by atoms with Gasteiger partial charge in [0.1, 0.15) is 10.6 Å². The molecule has 2 aromatic rings. The largest absolute Gasteiger partial charge is 0.495 e. The van der Waals surface area contributed by atoms with Crippen molar-refractivity contribution in [1.29, 1.82) is 0 Å². The van der Waals surface area contributed by atoms with Crippen molar-refractivity contribution in [3.63, 3.8) is 0 Å². The predicted octanol–water partition coefficient (Wildman–Crippen LogP) is 2.57. The van der Waals surface area contributed by atoms with Crippen LogP contribution in [0.3, 0.4) is 0 Å². The highest BCUT2D eigenvalue weighted by molar-refractivity contribution is 7.89. The smallest absolute Gasteiger partial charge is 0.338 e. The second-order valence-corrected chi connectivity index (χ2v) is 8.18. The van der Waals surface area contributed by atoms with Gasteiger partial charge in [0.15, 0.2) is 6.61 Å². The number of nitrogens with one attached hydrogen (secondary N) is 1. The number of carbonyl (C=O) groups is 2. The molecule has 1 N–H and O–H groups in total. The molecule has 0 aliphatic carbocycles. The molecule has 0 aliphatic heterocycles. The van der Waals surface area contributed by atoms with E-state index in [0.29, 0.717) is 5.56 Å². The molecule has 2 aromatic carbocycles. The molecule has 28 heavy (non-hydrogen) atoms. The van der Waals surface area contributed by atoms with E-state index in [4.69, 9.17) is 9.47 Å². The molecule has 0 atom stereocenters. The lowest BCUT2D eigenvalue weighted by atomic mass is 9.98. The van der Waals surface area contributed by atoms with E-state index in [1.165, 1.54) is 26.3 Å². The number of ketones is 1. The van der Waals surface area contributed by atoms with Crippen LogP contribution in [0.4, 0.5) is 0 Å². The first-order valence-electron chi connectivity index (χ1n) is 8.50. The maximum absolute atomic E-state index is 12.4. The normalized spacial score (nSPS) is 11.2. The number of hydrogen-bond donors (Lipinski definition) is 1. The van der Waals surface area contributed by atoms with Gasteiger partial charge >= 0.3 is 5.97 Å². The molecule has 2 rings (SSSR count). The Labute approximate surface area is 164 Å². The van der Waals surface area contributed by atoms with Gasteiger partial charge in [-0.1, -0.05) is 6.07 Å². The van der Waals surface area contributed by atoms with E-state index in [-0.39, 0.29) is 22.0 Å². The predicted molar refractivity (Wildman–Crippen MR) is 105 cm³/mol. The summed E-state index contributed by atoms with van der Waals surface area (Å²) in [6.07, 6.45) is 0. The average molecular weight is 405 g/mol. The van der Waals surface area contributed by atoms with Crippen LogP contribution in [0, 0.1) is 20.8 Å². The molecule has 8 heteroatoms.